The Hall–Kier alpha value is -1.79. The Balaban J connectivity index is 2.41. The number of nitrogens with zero attached hydrogens (tertiary/aromatic N) is 2. The molecule has 0 bridgehead atoms. The van der Waals surface area contributed by atoms with Crippen LogP contribution in [0, 0.1) is 0 Å². The highest BCUT2D eigenvalue weighted by Crippen LogP contribution is 2.33. The molecule has 0 aliphatic carbocycles. The van der Waals surface area contributed by atoms with Gasteiger partial charge in [0.25, 0.3) is 0 Å². The van der Waals surface area contributed by atoms with E-state index in [1.165, 1.54) is 6.07 Å². The lowest BCUT2D eigenvalue weighted by Crippen LogP contribution is -2.11. The first-order valence-corrected chi connectivity index (χ1v) is 4.97. The molecule has 2 aromatic rings. The van der Waals surface area contributed by atoms with Crippen LogP contribution < -0.4 is 5.32 Å². The van der Waals surface area contributed by atoms with Crippen LogP contribution in [0.2, 0.25) is 0 Å². The van der Waals surface area contributed by atoms with Gasteiger partial charge < -0.3 is 9.73 Å². The molecule has 0 amide bonds. The van der Waals surface area contributed by atoms with Crippen LogP contribution in [0.5, 0.6) is 0 Å². The van der Waals surface area contributed by atoms with E-state index < -0.39 is 11.9 Å². The topological polar surface area (TPSA) is 51.0 Å². The summed E-state index contributed by atoms with van der Waals surface area (Å²) in [6, 6.07) is 2.35. The normalized spacial score (nSPS) is 12.4. The molecule has 0 radical (unpaired) electrons. The second kappa shape index (κ2) is 3.90. The number of furan rings is 1. The molecule has 0 fully saturated rings. The standard InChI is InChI=1S/C10H10F3N3O/c1-5(2)14-9-4-7-6(15-16-9)3-8(17-7)10(11,12)13/h3-5H,1-2H3,(H,14,16). The highest BCUT2D eigenvalue weighted by Gasteiger charge is 2.35. The van der Waals surface area contributed by atoms with Crippen molar-refractivity contribution in [2.24, 2.45) is 0 Å². The summed E-state index contributed by atoms with van der Waals surface area (Å²) in [5, 5.41) is 10.3. The minimum Gasteiger partial charge on any atom is -0.450 e. The molecule has 0 unspecified atom stereocenters. The van der Waals surface area contributed by atoms with Gasteiger partial charge in [0.2, 0.25) is 5.76 Å². The summed E-state index contributed by atoms with van der Waals surface area (Å²) in [6.07, 6.45) is -4.51. The van der Waals surface area contributed by atoms with Crippen LogP contribution in [0.15, 0.2) is 16.5 Å². The van der Waals surface area contributed by atoms with Crippen molar-refractivity contribution in [3.63, 3.8) is 0 Å². The number of aromatic nitrogens is 2. The lowest BCUT2D eigenvalue weighted by atomic mass is 10.3. The van der Waals surface area contributed by atoms with Crippen LogP contribution in [0.25, 0.3) is 11.1 Å². The molecule has 1 N–H and O–H groups in total. The van der Waals surface area contributed by atoms with E-state index in [-0.39, 0.29) is 17.1 Å². The zero-order valence-corrected chi connectivity index (χ0v) is 9.17. The molecule has 7 heteroatoms. The number of rotatable bonds is 2. The maximum absolute atomic E-state index is 12.4. The Kier molecular flexibility index (Phi) is 2.68. The summed E-state index contributed by atoms with van der Waals surface area (Å²) in [5.41, 5.74) is 0.155. The van der Waals surface area contributed by atoms with Gasteiger partial charge in [-0.05, 0) is 13.8 Å². The van der Waals surface area contributed by atoms with Gasteiger partial charge in [0.15, 0.2) is 11.4 Å². The van der Waals surface area contributed by atoms with E-state index in [9.17, 15) is 13.2 Å². The Morgan fingerprint density at radius 3 is 2.53 bits per heavy atom. The van der Waals surface area contributed by atoms with E-state index in [1.54, 1.807) is 0 Å². The van der Waals surface area contributed by atoms with Crippen molar-refractivity contribution in [2.45, 2.75) is 26.1 Å². The van der Waals surface area contributed by atoms with E-state index >= 15 is 0 Å². The lowest BCUT2D eigenvalue weighted by molar-refractivity contribution is -0.152. The Labute approximate surface area is 94.8 Å². The average molecular weight is 245 g/mol. The second-order valence-corrected chi connectivity index (χ2v) is 3.89. The van der Waals surface area contributed by atoms with Gasteiger partial charge in [0.1, 0.15) is 5.52 Å². The van der Waals surface area contributed by atoms with Gasteiger partial charge >= 0.3 is 6.18 Å². The molecule has 0 spiro atoms. The van der Waals surface area contributed by atoms with E-state index in [2.05, 4.69) is 19.9 Å². The molecule has 0 saturated heterocycles. The van der Waals surface area contributed by atoms with Crippen LogP contribution in [-0.2, 0) is 6.18 Å². The maximum atomic E-state index is 12.4. The first kappa shape index (κ1) is 11.7. The van der Waals surface area contributed by atoms with Gasteiger partial charge in [-0.1, -0.05) is 0 Å². The predicted octanol–water partition coefficient (Wildman–Crippen LogP) is 3.06. The predicted molar refractivity (Wildman–Crippen MR) is 55.6 cm³/mol. The highest BCUT2D eigenvalue weighted by atomic mass is 19.4. The molecule has 0 aromatic carbocycles. The molecule has 17 heavy (non-hydrogen) atoms. The Morgan fingerprint density at radius 1 is 1.24 bits per heavy atom. The Bertz CT molecular complexity index is 533. The third kappa shape index (κ3) is 2.48. The van der Waals surface area contributed by atoms with Crippen molar-refractivity contribution < 1.29 is 17.6 Å². The van der Waals surface area contributed by atoms with E-state index in [1.807, 2.05) is 13.8 Å². The first-order valence-electron chi connectivity index (χ1n) is 4.97. The second-order valence-electron chi connectivity index (χ2n) is 3.89. The minimum absolute atomic E-state index is 0.0653. The number of halogens is 3. The molecular formula is C10H10F3N3O. The SMILES string of the molecule is CC(C)Nc1cc2oc(C(F)(F)F)cc2nn1. The van der Waals surface area contributed by atoms with E-state index in [0.29, 0.717) is 5.82 Å². The summed E-state index contributed by atoms with van der Waals surface area (Å²) in [4.78, 5) is 0. The molecule has 4 nitrogen and oxygen atoms in total. The van der Waals surface area contributed by atoms with E-state index in [4.69, 9.17) is 0 Å². The molecule has 92 valence electrons. The smallest absolute Gasteiger partial charge is 0.449 e. The summed E-state index contributed by atoms with van der Waals surface area (Å²) in [7, 11) is 0. The molecule has 0 atom stereocenters. The molecule has 2 heterocycles. The van der Waals surface area contributed by atoms with Crippen molar-refractivity contribution >= 4 is 16.9 Å². The minimum atomic E-state index is -4.51. The van der Waals surface area contributed by atoms with Crippen LogP contribution in [-0.4, -0.2) is 16.2 Å². The Morgan fingerprint density at radius 2 is 1.94 bits per heavy atom. The summed E-state index contributed by atoms with van der Waals surface area (Å²) in [6.45, 7) is 3.77. The van der Waals surface area contributed by atoms with E-state index in [0.717, 1.165) is 6.07 Å². The third-order valence-corrected chi connectivity index (χ3v) is 1.99. The summed E-state index contributed by atoms with van der Waals surface area (Å²) >= 11 is 0. The fourth-order valence-corrected chi connectivity index (χ4v) is 1.34. The third-order valence-electron chi connectivity index (χ3n) is 1.99. The summed E-state index contributed by atoms with van der Waals surface area (Å²) < 4.78 is 41.8. The molecule has 0 aliphatic rings. The number of fused-ring (bicyclic) bond motifs is 1. The van der Waals surface area contributed by atoms with Gasteiger partial charge in [-0.15, -0.1) is 10.2 Å². The van der Waals surface area contributed by atoms with Crippen molar-refractivity contribution in [3.8, 4) is 0 Å². The zero-order valence-electron chi connectivity index (χ0n) is 9.17. The van der Waals surface area contributed by atoms with Gasteiger partial charge in [0.05, 0.1) is 0 Å². The largest absolute Gasteiger partial charge is 0.450 e. The van der Waals surface area contributed by atoms with Crippen molar-refractivity contribution in [1.29, 1.82) is 0 Å². The van der Waals surface area contributed by atoms with Crippen LogP contribution in [0.4, 0.5) is 19.0 Å². The van der Waals surface area contributed by atoms with Gasteiger partial charge in [-0.2, -0.15) is 13.2 Å². The fourth-order valence-electron chi connectivity index (χ4n) is 1.34. The fraction of sp³-hybridized carbons (Fsp3) is 0.400. The van der Waals surface area contributed by atoms with Crippen molar-refractivity contribution in [1.82, 2.24) is 10.2 Å². The maximum Gasteiger partial charge on any atom is 0.449 e. The number of anilines is 1. The molecule has 2 rings (SSSR count). The quantitative estimate of drug-likeness (QED) is 0.883. The summed E-state index contributed by atoms with van der Waals surface area (Å²) in [5.74, 6) is -0.681. The van der Waals surface area contributed by atoms with Crippen LogP contribution in [0.1, 0.15) is 19.6 Å². The van der Waals surface area contributed by atoms with Gasteiger partial charge in [-0.3, -0.25) is 0 Å². The average Bonchev–Trinajstić information content (AvgIpc) is 2.58. The van der Waals surface area contributed by atoms with Crippen LogP contribution >= 0.6 is 0 Å². The van der Waals surface area contributed by atoms with Crippen molar-refractivity contribution in [2.75, 3.05) is 5.32 Å². The number of hydrogen-bond acceptors (Lipinski definition) is 4. The van der Waals surface area contributed by atoms with Gasteiger partial charge in [0, 0.05) is 18.2 Å². The zero-order chi connectivity index (χ0) is 12.6. The molecule has 0 saturated carbocycles. The molecule has 2 aromatic heterocycles. The highest BCUT2D eigenvalue weighted by molar-refractivity contribution is 5.75. The number of alkyl halides is 3. The van der Waals surface area contributed by atoms with Gasteiger partial charge in [-0.25, -0.2) is 0 Å². The first-order chi connectivity index (χ1) is 7.86. The van der Waals surface area contributed by atoms with Crippen molar-refractivity contribution in [3.05, 3.63) is 17.9 Å². The molecular weight excluding hydrogens is 235 g/mol. The number of nitrogens with one attached hydrogen (secondary N) is 1. The number of hydrogen-bond donors (Lipinski definition) is 1. The monoisotopic (exact) mass is 245 g/mol. The molecule has 0 aliphatic heterocycles. The lowest BCUT2D eigenvalue weighted by Gasteiger charge is -2.06. The van der Waals surface area contributed by atoms with Crippen LogP contribution in [0.3, 0.4) is 0 Å².